The van der Waals surface area contributed by atoms with Crippen LogP contribution < -0.4 is 10.6 Å². The van der Waals surface area contributed by atoms with Crippen LogP contribution in [0.5, 0.6) is 0 Å². The van der Waals surface area contributed by atoms with Crippen LogP contribution in [0.4, 0.5) is 11.4 Å². The first-order valence-electron chi connectivity index (χ1n) is 5.64. The van der Waals surface area contributed by atoms with E-state index in [1.54, 1.807) is 0 Å². The number of anilines is 2. The van der Waals surface area contributed by atoms with Crippen molar-refractivity contribution >= 4 is 62.9 Å². The minimum absolute atomic E-state index is 0.543. The lowest BCUT2D eigenvalue weighted by Crippen LogP contribution is -2.19. The van der Waals surface area contributed by atoms with E-state index in [9.17, 15) is 0 Å². The first-order chi connectivity index (χ1) is 9.04. The predicted octanol–water partition coefficient (Wildman–Crippen LogP) is 5.06. The molecule has 0 aliphatic heterocycles. The SMILES string of the molecule is Cc1ccc(NC(=S)Nc2cccc(I)c2)cc1Cl. The fraction of sp³-hybridized carbons (Fsp3) is 0.0714. The van der Waals surface area contributed by atoms with E-state index in [1.165, 1.54) is 0 Å². The highest BCUT2D eigenvalue weighted by atomic mass is 127. The van der Waals surface area contributed by atoms with Gasteiger partial charge < -0.3 is 10.6 Å². The molecule has 0 fully saturated rings. The van der Waals surface area contributed by atoms with Crippen molar-refractivity contribution in [3.63, 3.8) is 0 Å². The van der Waals surface area contributed by atoms with Gasteiger partial charge in [0.25, 0.3) is 0 Å². The molecule has 98 valence electrons. The zero-order valence-electron chi connectivity index (χ0n) is 10.2. The van der Waals surface area contributed by atoms with Gasteiger partial charge in [-0.25, -0.2) is 0 Å². The minimum atomic E-state index is 0.543. The maximum Gasteiger partial charge on any atom is 0.175 e. The molecular formula is C14H12ClIN2S. The lowest BCUT2D eigenvalue weighted by atomic mass is 10.2. The molecule has 2 aromatic rings. The van der Waals surface area contributed by atoms with E-state index < -0.39 is 0 Å². The van der Waals surface area contributed by atoms with Crippen LogP contribution in [-0.2, 0) is 0 Å². The molecule has 0 spiro atoms. The summed E-state index contributed by atoms with van der Waals surface area (Å²) in [5.74, 6) is 0. The van der Waals surface area contributed by atoms with Crippen LogP contribution in [0.25, 0.3) is 0 Å². The second kappa shape index (κ2) is 6.54. The lowest BCUT2D eigenvalue weighted by molar-refractivity contribution is 1.46. The molecule has 2 aromatic carbocycles. The van der Waals surface area contributed by atoms with E-state index in [2.05, 4.69) is 33.2 Å². The number of rotatable bonds is 2. The van der Waals surface area contributed by atoms with E-state index >= 15 is 0 Å². The Kier molecular flexibility index (Phi) is 5.01. The van der Waals surface area contributed by atoms with E-state index in [1.807, 2.05) is 49.4 Å². The van der Waals surface area contributed by atoms with Gasteiger partial charge in [-0.1, -0.05) is 23.7 Å². The van der Waals surface area contributed by atoms with Crippen molar-refractivity contribution in [1.29, 1.82) is 0 Å². The van der Waals surface area contributed by atoms with Crippen LogP contribution in [0.2, 0.25) is 5.02 Å². The van der Waals surface area contributed by atoms with Crippen molar-refractivity contribution in [2.24, 2.45) is 0 Å². The van der Waals surface area contributed by atoms with Crippen LogP contribution in [0.3, 0.4) is 0 Å². The molecule has 2 rings (SSSR count). The molecular weight excluding hydrogens is 391 g/mol. The van der Waals surface area contributed by atoms with Crippen LogP contribution in [0.15, 0.2) is 42.5 Å². The summed E-state index contributed by atoms with van der Waals surface area (Å²) in [5.41, 5.74) is 2.88. The third-order valence-corrected chi connectivity index (χ3v) is 3.79. The van der Waals surface area contributed by atoms with Gasteiger partial charge in [-0.3, -0.25) is 0 Å². The first-order valence-corrected chi connectivity index (χ1v) is 7.51. The molecule has 0 saturated carbocycles. The van der Waals surface area contributed by atoms with Crippen molar-refractivity contribution in [2.45, 2.75) is 6.92 Å². The summed E-state index contributed by atoms with van der Waals surface area (Å²) in [6.07, 6.45) is 0. The molecule has 0 bridgehead atoms. The normalized spacial score (nSPS) is 10.1. The van der Waals surface area contributed by atoms with E-state index in [-0.39, 0.29) is 0 Å². The van der Waals surface area contributed by atoms with Crippen LogP contribution in [0, 0.1) is 10.5 Å². The third kappa shape index (κ3) is 4.33. The van der Waals surface area contributed by atoms with Gasteiger partial charge in [0.2, 0.25) is 0 Å². The van der Waals surface area contributed by atoms with Gasteiger partial charge in [-0.05, 0) is 77.6 Å². The Hall–Kier alpha value is -0.850. The minimum Gasteiger partial charge on any atom is -0.332 e. The second-order valence-corrected chi connectivity index (χ2v) is 6.11. The maximum absolute atomic E-state index is 6.07. The van der Waals surface area contributed by atoms with Crippen LogP contribution >= 0.6 is 46.4 Å². The Morgan fingerprint density at radius 1 is 1.11 bits per heavy atom. The predicted molar refractivity (Wildman–Crippen MR) is 95.2 cm³/mol. The van der Waals surface area contributed by atoms with Gasteiger partial charge in [0, 0.05) is 20.0 Å². The number of halogens is 2. The monoisotopic (exact) mass is 402 g/mol. The summed E-state index contributed by atoms with van der Waals surface area (Å²) in [6, 6.07) is 13.8. The van der Waals surface area contributed by atoms with Crippen LogP contribution in [-0.4, -0.2) is 5.11 Å². The second-order valence-electron chi connectivity index (χ2n) is 4.05. The number of hydrogen-bond acceptors (Lipinski definition) is 1. The quantitative estimate of drug-likeness (QED) is 0.542. The number of nitrogens with one attached hydrogen (secondary N) is 2. The fourth-order valence-corrected chi connectivity index (χ4v) is 2.49. The van der Waals surface area contributed by atoms with E-state index in [0.717, 1.165) is 25.5 Å². The maximum atomic E-state index is 6.07. The summed E-state index contributed by atoms with van der Waals surface area (Å²) in [6.45, 7) is 1.97. The fourth-order valence-electron chi connectivity index (χ4n) is 1.53. The summed E-state index contributed by atoms with van der Waals surface area (Å²) in [5, 5.41) is 7.52. The smallest absolute Gasteiger partial charge is 0.175 e. The molecule has 0 unspecified atom stereocenters. The highest BCUT2D eigenvalue weighted by Crippen LogP contribution is 2.20. The Morgan fingerprint density at radius 2 is 1.79 bits per heavy atom. The van der Waals surface area contributed by atoms with Crippen molar-refractivity contribution in [3.05, 3.63) is 56.6 Å². The van der Waals surface area contributed by atoms with E-state index in [4.69, 9.17) is 23.8 Å². The summed E-state index contributed by atoms with van der Waals surface area (Å²) >= 11 is 13.6. The molecule has 0 aliphatic carbocycles. The largest absolute Gasteiger partial charge is 0.332 e. The summed E-state index contributed by atoms with van der Waals surface area (Å²) < 4.78 is 1.16. The first kappa shape index (κ1) is 14.6. The van der Waals surface area contributed by atoms with Gasteiger partial charge in [-0.2, -0.15) is 0 Å². The summed E-state index contributed by atoms with van der Waals surface area (Å²) in [7, 11) is 0. The standard InChI is InChI=1S/C14H12ClIN2S/c1-9-5-6-12(8-13(9)15)18-14(19)17-11-4-2-3-10(16)7-11/h2-8H,1H3,(H2,17,18,19). The highest BCUT2D eigenvalue weighted by Gasteiger charge is 2.01. The van der Waals surface area contributed by atoms with Gasteiger partial charge in [-0.15, -0.1) is 0 Å². The third-order valence-electron chi connectivity index (χ3n) is 2.51. The van der Waals surface area contributed by atoms with Gasteiger partial charge in [0.1, 0.15) is 0 Å². The molecule has 2 N–H and O–H groups in total. The van der Waals surface area contributed by atoms with Crippen LogP contribution in [0.1, 0.15) is 5.56 Å². The summed E-state index contributed by atoms with van der Waals surface area (Å²) in [4.78, 5) is 0. The van der Waals surface area contributed by atoms with Crippen molar-refractivity contribution in [1.82, 2.24) is 0 Å². The molecule has 2 nitrogen and oxygen atoms in total. The molecule has 0 heterocycles. The van der Waals surface area contributed by atoms with Crippen molar-refractivity contribution in [3.8, 4) is 0 Å². The topological polar surface area (TPSA) is 24.1 Å². The van der Waals surface area contributed by atoms with E-state index in [0.29, 0.717) is 5.11 Å². The zero-order chi connectivity index (χ0) is 13.8. The number of thiocarbonyl (C=S) groups is 1. The zero-order valence-corrected chi connectivity index (χ0v) is 13.9. The Morgan fingerprint density at radius 3 is 2.42 bits per heavy atom. The average molecular weight is 403 g/mol. The van der Waals surface area contributed by atoms with Crippen molar-refractivity contribution in [2.75, 3.05) is 10.6 Å². The molecule has 0 saturated heterocycles. The van der Waals surface area contributed by atoms with Crippen molar-refractivity contribution < 1.29 is 0 Å². The Balaban J connectivity index is 2.03. The molecule has 5 heteroatoms. The highest BCUT2D eigenvalue weighted by molar-refractivity contribution is 14.1. The Bertz CT molecular complexity index is 616. The van der Waals surface area contributed by atoms with Gasteiger partial charge in [0.15, 0.2) is 5.11 Å². The molecule has 0 atom stereocenters. The molecule has 0 radical (unpaired) electrons. The molecule has 19 heavy (non-hydrogen) atoms. The molecule has 0 amide bonds. The Labute approximate surface area is 136 Å². The number of hydrogen-bond donors (Lipinski definition) is 2. The molecule has 0 aliphatic rings. The average Bonchev–Trinajstić information content (AvgIpc) is 2.34. The number of aryl methyl sites for hydroxylation is 1. The van der Waals surface area contributed by atoms with Gasteiger partial charge in [0.05, 0.1) is 0 Å². The lowest BCUT2D eigenvalue weighted by Gasteiger charge is -2.11. The molecule has 0 aromatic heterocycles. The van der Waals surface area contributed by atoms with Gasteiger partial charge >= 0.3 is 0 Å². The number of benzene rings is 2.